The van der Waals surface area contributed by atoms with Crippen LogP contribution in [0.4, 0.5) is 11.4 Å². The van der Waals surface area contributed by atoms with E-state index in [2.05, 4.69) is 29.8 Å². The van der Waals surface area contributed by atoms with Gasteiger partial charge in [0.05, 0.1) is 23.7 Å². The first-order chi connectivity index (χ1) is 14.7. The number of hydrogen-bond acceptors (Lipinski definition) is 4. The van der Waals surface area contributed by atoms with Gasteiger partial charge in [0.15, 0.2) is 0 Å². The van der Waals surface area contributed by atoms with Crippen LogP contribution in [0, 0.1) is 18.8 Å². The largest absolute Gasteiger partial charge is 0.497 e. The summed E-state index contributed by atoms with van der Waals surface area (Å²) in [6.45, 7) is 6.22. The van der Waals surface area contributed by atoms with Crippen molar-refractivity contribution in [2.45, 2.75) is 45.2 Å². The molecule has 1 spiro atoms. The zero-order valence-corrected chi connectivity index (χ0v) is 19.0. The number of anilines is 2. The Labute approximate surface area is 187 Å². The number of fused-ring (bicyclic) bond motifs is 2. The molecule has 0 bridgehead atoms. The third-order valence-corrected chi connectivity index (χ3v) is 6.46. The van der Waals surface area contributed by atoms with Crippen molar-refractivity contribution in [3.8, 4) is 5.75 Å². The third-order valence-electron chi connectivity index (χ3n) is 6.16. The maximum absolute atomic E-state index is 13.5. The molecule has 2 heterocycles. The number of nitrogens with one attached hydrogen (secondary N) is 3. The lowest BCUT2D eigenvalue weighted by atomic mass is 9.79. The van der Waals surface area contributed by atoms with Crippen molar-refractivity contribution >= 4 is 34.8 Å². The molecule has 2 aromatic rings. The van der Waals surface area contributed by atoms with Gasteiger partial charge < -0.3 is 15.4 Å². The molecule has 3 atom stereocenters. The lowest BCUT2D eigenvalue weighted by molar-refractivity contribution is -0.130. The van der Waals surface area contributed by atoms with Gasteiger partial charge in [0.1, 0.15) is 11.3 Å². The molecule has 6 nitrogen and oxygen atoms in total. The molecule has 0 saturated carbocycles. The molecule has 3 N–H and O–H groups in total. The predicted octanol–water partition coefficient (Wildman–Crippen LogP) is 4.47. The van der Waals surface area contributed by atoms with E-state index in [-0.39, 0.29) is 17.9 Å². The summed E-state index contributed by atoms with van der Waals surface area (Å²) in [6.07, 6.45) is 1.44. The van der Waals surface area contributed by atoms with E-state index in [4.69, 9.17) is 16.3 Å². The summed E-state index contributed by atoms with van der Waals surface area (Å²) in [4.78, 5) is 26.9. The summed E-state index contributed by atoms with van der Waals surface area (Å²) in [6, 6.07) is 11.0. The van der Waals surface area contributed by atoms with Gasteiger partial charge in [-0.1, -0.05) is 31.5 Å². The number of methoxy groups -OCH3 is 1. The van der Waals surface area contributed by atoms with Crippen molar-refractivity contribution in [2.75, 3.05) is 17.7 Å². The molecule has 31 heavy (non-hydrogen) atoms. The highest BCUT2D eigenvalue weighted by molar-refractivity contribution is 6.35. The number of amides is 2. The van der Waals surface area contributed by atoms with E-state index in [1.807, 2.05) is 19.1 Å². The Balaban J connectivity index is 1.72. The maximum Gasteiger partial charge on any atom is 0.250 e. The number of aryl methyl sites for hydroxylation is 1. The van der Waals surface area contributed by atoms with Gasteiger partial charge in [0.25, 0.3) is 0 Å². The van der Waals surface area contributed by atoms with Gasteiger partial charge >= 0.3 is 0 Å². The minimum atomic E-state index is -1.14. The van der Waals surface area contributed by atoms with Crippen LogP contribution in [0.5, 0.6) is 5.75 Å². The van der Waals surface area contributed by atoms with Gasteiger partial charge in [-0.05, 0) is 61.6 Å². The van der Waals surface area contributed by atoms with Gasteiger partial charge in [0, 0.05) is 17.3 Å². The molecule has 0 unspecified atom stereocenters. The predicted molar refractivity (Wildman–Crippen MR) is 123 cm³/mol. The number of rotatable bonds is 5. The monoisotopic (exact) mass is 441 g/mol. The molecule has 0 radical (unpaired) electrons. The Morgan fingerprint density at radius 3 is 2.65 bits per heavy atom. The number of carbonyl (C=O) groups is 2. The van der Waals surface area contributed by atoms with Crippen LogP contribution in [0.1, 0.15) is 37.8 Å². The highest BCUT2D eigenvalue weighted by atomic mass is 35.5. The van der Waals surface area contributed by atoms with Crippen molar-refractivity contribution < 1.29 is 14.3 Å². The second-order valence-corrected chi connectivity index (χ2v) is 9.32. The molecule has 0 aromatic heterocycles. The van der Waals surface area contributed by atoms with Crippen molar-refractivity contribution in [3.63, 3.8) is 0 Å². The molecule has 0 aliphatic carbocycles. The maximum atomic E-state index is 13.5. The second kappa shape index (κ2) is 8.17. The summed E-state index contributed by atoms with van der Waals surface area (Å²) in [5.41, 5.74) is 1.82. The Hall–Kier alpha value is -2.57. The van der Waals surface area contributed by atoms with Crippen LogP contribution in [-0.2, 0) is 15.1 Å². The highest BCUT2D eigenvalue weighted by Gasteiger charge is 2.60. The first kappa shape index (κ1) is 21.7. The average Bonchev–Trinajstić information content (AvgIpc) is 3.22. The average molecular weight is 442 g/mol. The normalized spacial score (nSPS) is 24.4. The Bertz CT molecular complexity index is 1020. The topological polar surface area (TPSA) is 79.5 Å². The zero-order valence-electron chi connectivity index (χ0n) is 18.2. The van der Waals surface area contributed by atoms with Crippen molar-refractivity contribution in [1.29, 1.82) is 0 Å². The molecular weight excluding hydrogens is 414 g/mol. The molecule has 2 aliphatic rings. The number of carbonyl (C=O) groups excluding carboxylic acids is 2. The number of hydrogen-bond donors (Lipinski definition) is 3. The molecular formula is C24H28ClN3O3. The summed E-state index contributed by atoms with van der Waals surface area (Å²) in [5.74, 6) is 0.157. The Morgan fingerprint density at radius 1 is 1.29 bits per heavy atom. The number of ether oxygens (including phenoxy) is 1. The summed E-state index contributed by atoms with van der Waals surface area (Å²) in [7, 11) is 1.60. The molecule has 2 aliphatic heterocycles. The number of benzene rings is 2. The summed E-state index contributed by atoms with van der Waals surface area (Å²) < 4.78 is 5.19. The van der Waals surface area contributed by atoms with Gasteiger partial charge in [-0.25, -0.2) is 0 Å². The molecule has 2 aromatic carbocycles. The summed E-state index contributed by atoms with van der Waals surface area (Å²) >= 11 is 6.45. The van der Waals surface area contributed by atoms with Gasteiger partial charge in [-0.3, -0.25) is 14.9 Å². The molecule has 2 amide bonds. The fraction of sp³-hybridized carbons (Fsp3) is 0.417. The number of halogens is 1. The fourth-order valence-corrected chi connectivity index (χ4v) is 5.20. The molecule has 1 saturated heterocycles. The minimum absolute atomic E-state index is 0.0441. The van der Waals surface area contributed by atoms with E-state index >= 15 is 0 Å². The first-order valence-corrected chi connectivity index (χ1v) is 11.0. The van der Waals surface area contributed by atoms with Crippen LogP contribution >= 0.6 is 11.6 Å². The highest BCUT2D eigenvalue weighted by Crippen LogP contribution is 2.50. The second-order valence-electron chi connectivity index (χ2n) is 8.91. The van der Waals surface area contributed by atoms with Gasteiger partial charge in [0.2, 0.25) is 11.8 Å². The SMILES string of the molecule is COc1ccc(NC(=O)[C@@H]2C[C@H](CC(C)C)N[C@@]23C(=O)Nc2c(Cl)cc(C)cc23)cc1. The molecule has 1 fully saturated rings. The van der Waals surface area contributed by atoms with Crippen LogP contribution < -0.4 is 20.7 Å². The first-order valence-electron chi connectivity index (χ1n) is 10.6. The van der Waals surface area contributed by atoms with Gasteiger partial charge in [-0.2, -0.15) is 0 Å². The van der Waals surface area contributed by atoms with E-state index in [0.29, 0.717) is 34.5 Å². The van der Waals surface area contributed by atoms with E-state index in [0.717, 1.165) is 17.5 Å². The fourth-order valence-electron chi connectivity index (χ4n) is 4.88. The van der Waals surface area contributed by atoms with E-state index < -0.39 is 11.5 Å². The van der Waals surface area contributed by atoms with E-state index in [1.165, 1.54) is 0 Å². The van der Waals surface area contributed by atoms with Crippen LogP contribution in [-0.4, -0.2) is 25.0 Å². The van der Waals surface area contributed by atoms with Crippen molar-refractivity contribution in [2.24, 2.45) is 11.8 Å². The summed E-state index contributed by atoms with van der Waals surface area (Å²) in [5, 5.41) is 9.96. The van der Waals surface area contributed by atoms with E-state index in [9.17, 15) is 9.59 Å². The van der Waals surface area contributed by atoms with Crippen LogP contribution in [0.2, 0.25) is 5.02 Å². The van der Waals surface area contributed by atoms with Crippen LogP contribution in [0.25, 0.3) is 0 Å². The van der Waals surface area contributed by atoms with E-state index in [1.54, 1.807) is 31.4 Å². The van der Waals surface area contributed by atoms with Crippen LogP contribution in [0.15, 0.2) is 36.4 Å². The molecule has 7 heteroatoms. The zero-order chi connectivity index (χ0) is 22.3. The Kier molecular flexibility index (Phi) is 5.71. The molecule has 4 rings (SSSR count). The van der Waals surface area contributed by atoms with Crippen molar-refractivity contribution in [3.05, 3.63) is 52.5 Å². The quantitative estimate of drug-likeness (QED) is 0.639. The lowest BCUT2D eigenvalue weighted by Crippen LogP contribution is -2.52. The van der Waals surface area contributed by atoms with Crippen LogP contribution in [0.3, 0.4) is 0 Å². The third kappa shape index (κ3) is 3.79. The van der Waals surface area contributed by atoms with Crippen molar-refractivity contribution in [1.82, 2.24) is 5.32 Å². The lowest BCUT2D eigenvalue weighted by Gasteiger charge is -2.29. The molecule has 164 valence electrons. The minimum Gasteiger partial charge on any atom is -0.497 e. The standard InChI is InChI=1S/C24H28ClN3O3/c1-13(2)9-16-12-19(22(29)26-15-5-7-17(31-4)8-6-15)24(28-16)18-10-14(3)11-20(25)21(18)27-23(24)30/h5-8,10-11,13,16,19,28H,9,12H2,1-4H3,(H,26,29)(H,27,30)/t16-,19-,24+/m0/s1. The Morgan fingerprint density at radius 2 is 2.00 bits per heavy atom. The van der Waals surface area contributed by atoms with Gasteiger partial charge in [-0.15, -0.1) is 0 Å². The smallest absolute Gasteiger partial charge is 0.250 e.